The van der Waals surface area contributed by atoms with Gasteiger partial charge in [0.2, 0.25) is 0 Å². The fourth-order valence-corrected chi connectivity index (χ4v) is 2.92. The Hall–Kier alpha value is -2.33. The van der Waals surface area contributed by atoms with Crippen LogP contribution in [0.2, 0.25) is 0 Å². The molecule has 1 amide bonds. The van der Waals surface area contributed by atoms with Crippen molar-refractivity contribution < 1.29 is 14.6 Å². The van der Waals surface area contributed by atoms with Crippen LogP contribution in [0.4, 0.5) is 0 Å². The second kappa shape index (κ2) is 8.37. The number of carbonyl (C=O) groups is 1. The molecule has 0 aliphatic heterocycles. The first-order chi connectivity index (χ1) is 12.6. The summed E-state index contributed by atoms with van der Waals surface area (Å²) in [6.07, 6.45) is 3.12. The first kappa shape index (κ1) is 18.5. The molecule has 1 saturated carbocycles. The Balaban J connectivity index is 1.61. The monoisotopic (exact) mass is 353 g/mol. The largest absolute Gasteiger partial charge is 0.492 e. The van der Waals surface area contributed by atoms with Gasteiger partial charge in [0.1, 0.15) is 5.75 Å². The van der Waals surface area contributed by atoms with Crippen LogP contribution in [0.25, 0.3) is 0 Å². The number of amides is 1. The second-order valence-electron chi connectivity index (χ2n) is 7.56. The van der Waals surface area contributed by atoms with Gasteiger partial charge in [-0.05, 0) is 42.9 Å². The summed E-state index contributed by atoms with van der Waals surface area (Å²) < 4.78 is 5.83. The van der Waals surface area contributed by atoms with E-state index in [1.807, 2.05) is 55.5 Å². The normalized spacial score (nSPS) is 15.9. The maximum atomic E-state index is 12.7. The maximum Gasteiger partial charge on any atom is 0.255 e. The molecule has 2 aromatic rings. The SMILES string of the molecule is CC(CO)(CNC(=O)c1ccccc1OCC1CC1)Cc1ccccc1. The van der Waals surface area contributed by atoms with Gasteiger partial charge in [0.05, 0.1) is 18.8 Å². The van der Waals surface area contributed by atoms with Crippen LogP contribution < -0.4 is 10.1 Å². The van der Waals surface area contributed by atoms with Gasteiger partial charge >= 0.3 is 0 Å². The standard InChI is InChI=1S/C22H27NO3/c1-22(16-24,13-17-7-3-2-4-8-17)15-23-21(25)19-9-5-6-10-20(19)26-14-18-11-12-18/h2-10,18,24H,11-16H2,1H3,(H,23,25). The Morgan fingerprint density at radius 3 is 2.54 bits per heavy atom. The predicted molar refractivity (Wildman–Crippen MR) is 102 cm³/mol. The van der Waals surface area contributed by atoms with Crippen molar-refractivity contribution in [2.45, 2.75) is 26.2 Å². The molecular formula is C22H27NO3. The smallest absolute Gasteiger partial charge is 0.255 e. The molecular weight excluding hydrogens is 326 g/mol. The fourth-order valence-electron chi connectivity index (χ4n) is 2.92. The van der Waals surface area contributed by atoms with E-state index in [2.05, 4.69) is 5.32 Å². The lowest BCUT2D eigenvalue weighted by Crippen LogP contribution is -2.39. The highest BCUT2D eigenvalue weighted by Crippen LogP contribution is 2.30. The molecule has 2 aromatic carbocycles. The third kappa shape index (κ3) is 5.09. The average Bonchev–Trinajstić information content (AvgIpc) is 3.50. The van der Waals surface area contributed by atoms with Gasteiger partial charge in [-0.15, -0.1) is 0 Å². The summed E-state index contributed by atoms with van der Waals surface area (Å²) in [5.41, 5.74) is 1.28. The Bertz CT molecular complexity index is 727. The van der Waals surface area contributed by atoms with Crippen LogP contribution in [0.15, 0.2) is 54.6 Å². The van der Waals surface area contributed by atoms with Crippen molar-refractivity contribution in [3.05, 3.63) is 65.7 Å². The highest BCUT2D eigenvalue weighted by atomic mass is 16.5. The summed E-state index contributed by atoms with van der Waals surface area (Å²) in [7, 11) is 0. The molecule has 1 unspecified atom stereocenters. The van der Waals surface area contributed by atoms with Crippen LogP contribution in [0.1, 0.15) is 35.7 Å². The second-order valence-corrected chi connectivity index (χ2v) is 7.56. The average molecular weight is 353 g/mol. The molecule has 1 aliphatic rings. The molecule has 138 valence electrons. The number of rotatable bonds is 9. The molecule has 1 fully saturated rings. The minimum atomic E-state index is -0.416. The van der Waals surface area contributed by atoms with Crippen LogP contribution in [-0.2, 0) is 6.42 Å². The molecule has 1 atom stereocenters. The van der Waals surface area contributed by atoms with Gasteiger partial charge < -0.3 is 15.2 Å². The van der Waals surface area contributed by atoms with Crippen molar-refractivity contribution in [3.63, 3.8) is 0 Å². The number of hydrogen-bond acceptors (Lipinski definition) is 3. The molecule has 26 heavy (non-hydrogen) atoms. The Labute approximate surface area is 155 Å². The number of aliphatic hydroxyl groups excluding tert-OH is 1. The number of para-hydroxylation sites is 1. The van der Waals surface area contributed by atoms with E-state index in [1.54, 1.807) is 6.07 Å². The molecule has 3 rings (SSSR count). The van der Waals surface area contributed by atoms with Crippen LogP contribution in [-0.4, -0.2) is 30.8 Å². The predicted octanol–water partition coefficient (Wildman–Crippen LogP) is 3.45. The minimum Gasteiger partial charge on any atom is -0.492 e. The number of carbonyl (C=O) groups excluding carboxylic acids is 1. The lowest BCUT2D eigenvalue weighted by atomic mass is 9.84. The van der Waals surface area contributed by atoms with Crippen molar-refractivity contribution in [3.8, 4) is 5.75 Å². The van der Waals surface area contributed by atoms with Crippen molar-refractivity contribution in [2.24, 2.45) is 11.3 Å². The molecule has 2 N–H and O–H groups in total. The van der Waals surface area contributed by atoms with Gasteiger partial charge in [0.15, 0.2) is 0 Å². The third-order valence-electron chi connectivity index (χ3n) is 4.83. The molecule has 0 spiro atoms. The molecule has 0 aromatic heterocycles. The van der Waals surface area contributed by atoms with Gasteiger partial charge in [-0.3, -0.25) is 4.79 Å². The zero-order valence-electron chi connectivity index (χ0n) is 15.3. The molecule has 4 nitrogen and oxygen atoms in total. The molecule has 0 bridgehead atoms. The number of nitrogens with one attached hydrogen (secondary N) is 1. The molecule has 4 heteroatoms. The number of hydrogen-bond donors (Lipinski definition) is 2. The fraction of sp³-hybridized carbons (Fsp3) is 0.409. The van der Waals surface area contributed by atoms with Crippen LogP contribution in [0, 0.1) is 11.3 Å². The summed E-state index contributed by atoms with van der Waals surface area (Å²) in [4.78, 5) is 12.7. The summed E-state index contributed by atoms with van der Waals surface area (Å²) in [6.45, 7) is 3.05. The van der Waals surface area contributed by atoms with E-state index in [4.69, 9.17) is 4.74 Å². The van der Waals surface area contributed by atoms with Gasteiger partial charge in [0.25, 0.3) is 5.91 Å². The lowest BCUT2D eigenvalue weighted by Gasteiger charge is -2.28. The third-order valence-corrected chi connectivity index (χ3v) is 4.83. The lowest BCUT2D eigenvalue weighted by molar-refractivity contribution is 0.0891. The maximum absolute atomic E-state index is 12.7. The number of ether oxygens (including phenoxy) is 1. The number of benzene rings is 2. The van der Waals surface area contributed by atoms with Crippen LogP contribution >= 0.6 is 0 Å². The Morgan fingerprint density at radius 1 is 1.15 bits per heavy atom. The van der Waals surface area contributed by atoms with Crippen molar-refractivity contribution in [2.75, 3.05) is 19.8 Å². The van der Waals surface area contributed by atoms with Crippen molar-refractivity contribution in [1.29, 1.82) is 0 Å². The zero-order chi connectivity index (χ0) is 18.4. The van der Waals surface area contributed by atoms with E-state index < -0.39 is 5.41 Å². The first-order valence-corrected chi connectivity index (χ1v) is 9.24. The van der Waals surface area contributed by atoms with E-state index in [1.165, 1.54) is 12.8 Å². The van der Waals surface area contributed by atoms with Crippen molar-refractivity contribution >= 4 is 5.91 Å². The Morgan fingerprint density at radius 2 is 1.85 bits per heavy atom. The zero-order valence-corrected chi connectivity index (χ0v) is 15.3. The minimum absolute atomic E-state index is 0.00199. The van der Waals surface area contributed by atoms with Gasteiger partial charge in [0, 0.05) is 12.0 Å². The topological polar surface area (TPSA) is 58.6 Å². The van der Waals surface area contributed by atoms with Crippen LogP contribution in [0.5, 0.6) is 5.75 Å². The molecule has 0 heterocycles. The summed E-state index contributed by atoms with van der Waals surface area (Å²) in [5.74, 6) is 1.10. The van der Waals surface area contributed by atoms with Gasteiger partial charge in [-0.25, -0.2) is 0 Å². The summed E-state index contributed by atoms with van der Waals surface area (Å²) in [6, 6.07) is 17.4. The van der Waals surface area contributed by atoms with Crippen LogP contribution in [0.3, 0.4) is 0 Å². The molecule has 1 aliphatic carbocycles. The van der Waals surface area contributed by atoms with E-state index in [0.717, 1.165) is 5.56 Å². The molecule has 0 saturated heterocycles. The Kier molecular flexibility index (Phi) is 5.94. The highest BCUT2D eigenvalue weighted by Gasteiger charge is 2.26. The highest BCUT2D eigenvalue weighted by molar-refractivity contribution is 5.96. The first-order valence-electron chi connectivity index (χ1n) is 9.24. The number of aliphatic hydroxyl groups is 1. The quantitative estimate of drug-likeness (QED) is 0.726. The van der Waals surface area contributed by atoms with E-state index >= 15 is 0 Å². The van der Waals surface area contributed by atoms with Gasteiger partial charge in [-0.2, -0.15) is 0 Å². The van der Waals surface area contributed by atoms with Crippen molar-refractivity contribution in [1.82, 2.24) is 5.32 Å². The van der Waals surface area contributed by atoms with Gasteiger partial charge in [-0.1, -0.05) is 49.4 Å². The van der Waals surface area contributed by atoms with E-state index in [-0.39, 0.29) is 12.5 Å². The molecule has 0 radical (unpaired) electrons. The summed E-state index contributed by atoms with van der Waals surface area (Å²) in [5, 5.41) is 12.8. The summed E-state index contributed by atoms with van der Waals surface area (Å²) >= 11 is 0. The van der Waals surface area contributed by atoms with E-state index in [9.17, 15) is 9.90 Å². The van der Waals surface area contributed by atoms with E-state index in [0.29, 0.717) is 36.8 Å².